The highest BCUT2D eigenvalue weighted by Crippen LogP contribution is 2.22. The molecule has 0 radical (unpaired) electrons. The second-order valence-corrected chi connectivity index (χ2v) is 3.03. The average Bonchev–Trinajstić information content (AvgIpc) is 2.27. The minimum Gasteiger partial charge on any atom is -0.478 e. The van der Waals surface area contributed by atoms with E-state index in [1.807, 2.05) is 0 Å². The quantitative estimate of drug-likeness (QED) is 0.648. The van der Waals surface area contributed by atoms with E-state index in [4.69, 9.17) is 15.5 Å². The maximum Gasteiger partial charge on any atom is 0.338 e. The summed E-state index contributed by atoms with van der Waals surface area (Å²) in [6.07, 6.45) is -3.58. The summed E-state index contributed by atoms with van der Waals surface area (Å²) in [6, 6.07) is 4.67. The standard InChI is InChI=1S/C10H8FNO4/c11-8-5(9(14)7(13)4-12)2-1-3-6(8)10(15)16/h1-3,7,9,13-14H,(H,15,16). The number of carbonyl (C=O) groups is 1. The third-order valence-corrected chi connectivity index (χ3v) is 2.01. The lowest BCUT2D eigenvalue weighted by Gasteiger charge is -2.13. The van der Waals surface area contributed by atoms with E-state index in [2.05, 4.69) is 0 Å². The molecule has 0 aliphatic rings. The summed E-state index contributed by atoms with van der Waals surface area (Å²) < 4.78 is 13.5. The highest BCUT2D eigenvalue weighted by molar-refractivity contribution is 5.88. The zero-order valence-corrected chi connectivity index (χ0v) is 7.96. The van der Waals surface area contributed by atoms with E-state index in [-0.39, 0.29) is 0 Å². The number of aliphatic hydroxyl groups is 2. The van der Waals surface area contributed by atoms with E-state index in [9.17, 15) is 14.3 Å². The number of halogens is 1. The van der Waals surface area contributed by atoms with E-state index in [0.717, 1.165) is 12.1 Å². The van der Waals surface area contributed by atoms with Crippen LogP contribution in [0.1, 0.15) is 22.0 Å². The SMILES string of the molecule is N#CC(O)C(O)c1cccc(C(=O)O)c1F. The number of carboxylic acid groups (broad SMARTS) is 1. The Morgan fingerprint density at radius 1 is 1.44 bits per heavy atom. The van der Waals surface area contributed by atoms with E-state index in [1.54, 1.807) is 0 Å². The molecule has 0 amide bonds. The van der Waals surface area contributed by atoms with Gasteiger partial charge >= 0.3 is 5.97 Å². The van der Waals surface area contributed by atoms with Crippen LogP contribution in [0.5, 0.6) is 0 Å². The molecule has 0 saturated carbocycles. The van der Waals surface area contributed by atoms with Crippen molar-refractivity contribution in [3.05, 3.63) is 35.1 Å². The van der Waals surface area contributed by atoms with Gasteiger partial charge in [-0.15, -0.1) is 0 Å². The largest absolute Gasteiger partial charge is 0.478 e. The lowest BCUT2D eigenvalue weighted by Crippen LogP contribution is -2.18. The molecule has 1 aromatic rings. The molecular formula is C10H8FNO4. The molecule has 3 N–H and O–H groups in total. The molecule has 0 aliphatic carbocycles. The van der Waals surface area contributed by atoms with Gasteiger partial charge in [-0.05, 0) is 6.07 Å². The fourth-order valence-electron chi connectivity index (χ4n) is 1.18. The van der Waals surface area contributed by atoms with Crippen LogP contribution in [-0.4, -0.2) is 27.4 Å². The number of benzene rings is 1. The monoisotopic (exact) mass is 225 g/mol. The average molecular weight is 225 g/mol. The smallest absolute Gasteiger partial charge is 0.338 e. The van der Waals surface area contributed by atoms with Gasteiger partial charge in [-0.25, -0.2) is 9.18 Å². The molecule has 0 bridgehead atoms. The van der Waals surface area contributed by atoms with Gasteiger partial charge in [0, 0.05) is 5.56 Å². The van der Waals surface area contributed by atoms with Gasteiger partial charge in [0.25, 0.3) is 0 Å². The summed E-state index contributed by atoms with van der Waals surface area (Å²) in [5, 5.41) is 35.3. The fourth-order valence-corrected chi connectivity index (χ4v) is 1.18. The molecule has 0 heterocycles. The van der Waals surface area contributed by atoms with Crippen molar-refractivity contribution in [2.45, 2.75) is 12.2 Å². The van der Waals surface area contributed by atoms with E-state index < -0.39 is 35.1 Å². The molecular weight excluding hydrogens is 217 g/mol. The molecule has 84 valence electrons. The molecule has 16 heavy (non-hydrogen) atoms. The number of nitrogens with zero attached hydrogens (tertiary/aromatic N) is 1. The van der Waals surface area contributed by atoms with Gasteiger partial charge in [0.2, 0.25) is 0 Å². The van der Waals surface area contributed by atoms with Crippen LogP contribution in [0.15, 0.2) is 18.2 Å². The van der Waals surface area contributed by atoms with Crippen LogP contribution in [-0.2, 0) is 0 Å². The van der Waals surface area contributed by atoms with E-state index in [1.165, 1.54) is 12.1 Å². The Morgan fingerprint density at radius 3 is 2.56 bits per heavy atom. The van der Waals surface area contributed by atoms with Crippen LogP contribution in [0, 0.1) is 17.1 Å². The topological polar surface area (TPSA) is 102 Å². The van der Waals surface area contributed by atoms with Gasteiger partial charge in [0.15, 0.2) is 6.10 Å². The Labute approximate surface area is 90.0 Å². The number of nitriles is 1. The molecule has 2 atom stereocenters. The summed E-state index contributed by atoms with van der Waals surface area (Å²) in [5.74, 6) is -2.64. The van der Waals surface area contributed by atoms with Crippen LogP contribution in [0.2, 0.25) is 0 Å². The van der Waals surface area contributed by atoms with Gasteiger partial charge in [0.1, 0.15) is 11.9 Å². The van der Waals surface area contributed by atoms with Crippen LogP contribution in [0.3, 0.4) is 0 Å². The number of hydrogen-bond acceptors (Lipinski definition) is 4. The summed E-state index contributed by atoms with van der Waals surface area (Å²) in [4.78, 5) is 10.6. The Balaban J connectivity index is 3.21. The summed E-state index contributed by atoms with van der Waals surface area (Å²) in [5.41, 5.74) is -1.05. The van der Waals surface area contributed by atoms with Crippen molar-refractivity contribution in [1.82, 2.24) is 0 Å². The second kappa shape index (κ2) is 4.70. The first-order valence-electron chi connectivity index (χ1n) is 4.26. The molecule has 0 aliphatic heterocycles. The maximum atomic E-state index is 13.5. The predicted octanol–water partition coefficient (Wildman–Crippen LogP) is 0.442. The van der Waals surface area contributed by atoms with Crippen molar-refractivity contribution in [3.8, 4) is 6.07 Å². The van der Waals surface area contributed by atoms with Crippen molar-refractivity contribution >= 4 is 5.97 Å². The maximum absolute atomic E-state index is 13.5. The highest BCUT2D eigenvalue weighted by atomic mass is 19.1. The van der Waals surface area contributed by atoms with E-state index >= 15 is 0 Å². The summed E-state index contributed by atoms with van der Waals surface area (Å²) >= 11 is 0. The number of aliphatic hydroxyl groups excluding tert-OH is 2. The number of carboxylic acids is 1. The molecule has 0 aromatic heterocycles. The first kappa shape index (κ1) is 12.1. The molecule has 5 nitrogen and oxygen atoms in total. The van der Waals surface area contributed by atoms with Gasteiger partial charge < -0.3 is 15.3 Å². The molecule has 1 aromatic carbocycles. The molecule has 0 saturated heterocycles. The van der Waals surface area contributed by atoms with Crippen molar-refractivity contribution in [2.24, 2.45) is 0 Å². The third-order valence-electron chi connectivity index (χ3n) is 2.01. The van der Waals surface area contributed by atoms with Crippen LogP contribution < -0.4 is 0 Å². The molecule has 6 heteroatoms. The predicted molar refractivity (Wildman–Crippen MR) is 49.9 cm³/mol. The summed E-state index contributed by atoms with van der Waals surface area (Å²) in [6.45, 7) is 0. The number of hydrogen-bond donors (Lipinski definition) is 3. The van der Waals surface area contributed by atoms with Crippen molar-refractivity contribution in [3.63, 3.8) is 0 Å². The molecule has 1 rings (SSSR count). The van der Waals surface area contributed by atoms with Crippen LogP contribution in [0.4, 0.5) is 4.39 Å². The Bertz CT molecular complexity index is 455. The Morgan fingerprint density at radius 2 is 2.06 bits per heavy atom. The lowest BCUT2D eigenvalue weighted by molar-refractivity contribution is 0.0498. The van der Waals surface area contributed by atoms with Gasteiger partial charge in [0.05, 0.1) is 11.6 Å². The van der Waals surface area contributed by atoms with Crippen LogP contribution >= 0.6 is 0 Å². The first-order valence-corrected chi connectivity index (χ1v) is 4.26. The third kappa shape index (κ3) is 2.16. The fraction of sp³-hybridized carbons (Fsp3) is 0.200. The second-order valence-electron chi connectivity index (χ2n) is 3.03. The summed E-state index contributed by atoms with van der Waals surface area (Å²) in [7, 11) is 0. The first-order chi connectivity index (χ1) is 7.49. The minimum absolute atomic E-state index is 0.422. The number of aromatic carboxylic acids is 1. The zero-order valence-electron chi connectivity index (χ0n) is 7.96. The lowest BCUT2D eigenvalue weighted by atomic mass is 10.0. The van der Waals surface area contributed by atoms with E-state index in [0.29, 0.717) is 0 Å². The minimum atomic E-state index is -1.81. The Kier molecular flexibility index (Phi) is 3.55. The molecule has 0 fully saturated rings. The zero-order chi connectivity index (χ0) is 12.3. The van der Waals surface area contributed by atoms with Crippen molar-refractivity contribution in [2.75, 3.05) is 0 Å². The molecule has 2 unspecified atom stereocenters. The number of rotatable bonds is 3. The van der Waals surface area contributed by atoms with Crippen molar-refractivity contribution < 1.29 is 24.5 Å². The normalized spacial score (nSPS) is 13.9. The Hall–Kier alpha value is -1.97. The molecule has 0 spiro atoms. The van der Waals surface area contributed by atoms with Crippen molar-refractivity contribution in [1.29, 1.82) is 5.26 Å². The highest BCUT2D eigenvalue weighted by Gasteiger charge is 2.24. The van der Waals surface area contributed by atoms with Gasteiger partial charge in [-0.3, -0.25) is 0 Å². The van der Waals surface area contributed by atoms with Gasteiger partial charge in [-0.2, -0.15) is 5.26 Å². The van der Waals surface area contributed by atoms with Gasteiger partial charge in [-0.1, -0.05) is 12.1 Å². The van der Waals surface area contributed by atoms with Crippen LogP contribution in [0.25, 0.3) is 0 Å².